The van der Waals surface area contributed by atoms with Gasteiger partial charge in [-0.15, -0.1) is 0 Å². The van der Waals surface area contributed by atoms with E-state index >= 15 is 0 Å². The van der Waals surface area contributed by atoms with Gasteiger partial charge in [0.05, 0.1) is 6.54 Å². The third kappa shape index (κ3) is 7.12. The van der Waals surface area contributed by atoms with Crippen molar-refractivity contribution in [2.24, 2.45) is 0 Å². The van der Waals surface area contributed by atoms with Crippen molar-refractivity contribution in [1.82, 2.24) is 15.5 Å². The summed E-state index contributed by atoms with van der Waals surface area (Å²) in [5.41, 5.74) is -0.473. The SMILES string of the molecule is CC(C)(CCC(=O)O)NC(=O)CN1CCCNCC1. The smallest absolute Gasteiger partial charge is 0.303 e. The lowest BCUT2D eigenvalue weighted by Crippen LogP contribution is -2.48. The molecular weight excluding hydrogens is 246 g/mol. The van der Waals surface area contributed by atoms with Crippen molar-refractivity contribution in [2.75, 3.05) is 32.7 Å². The topological polar surface area (TPSA) is 81.7 Å². The van der Waals surface area contributed by atoms with Crippen LogP contribution in [-0.4, -0.2) is 60.1 Å². The molecule has 0 aromatic carbocycles. The van der Waals surface area contributed by atoms with Gasteiger partial charge in [-0.05, 0) is 39.8 Å². The molecule has 3 N–H and O–H groups in total. The Morgan fingerprint density at radius 1 is 1.32 bits per heavy atom. The molecule has 0 spiro atoms. The number of carbonyl (C=O) groups is 2. The Bertz CT molecular complexity index is 310. The van der Waals surface area contributed by atoms with Crippen molar-refractivity contribution < 1.29 is 14.7 Å². The van der Waals surface area contributed by atoms with E-state index < -0.39 is 11.5 Å². The number of nitrogens with zero attached hydrogens (tertiary/aromatic N) is 1. The van der Waals surface area contributed by atoms with Crippen LogP contribution in [0.3, 0.4) is 0 Å². The van der Waals surface area contributed by atoms with E-state index in [9.17, 15) is 9.59 Å². The number of carboxylic acids is 1. The van der Waals surface area contributed by atoms with E-state index in [-0.39, 0.29) is 12.3 Å². The largest absolute Gasteiger partial charge is 0.481 e. The number of aliphatic carboxylic acids is 1. The molecule has 1 amide bonds. The molecule has 0 aliphatic carbocycles. The zero-order valence-electron chi connectivity index (χ0n) is 11.9. The molecule has 0 bridgehead atoms. The lowest BCUT2D eigenvalue weighted by molar-refractivity contribution is -0.137. The fourth-order valence-corrected chi connectivity index (χ4v) is 2.16. The first kappa shape index (κ1) is 15.9. The Hall–Kier alpha value is -1.14. The molecule has 19 heavy (non-hydrogen) atoms. The summed E-state index contributed by atoms with van der Waals surface area (Å²) in [6.07, 6.45) is 1.56. The number of amides is 1. The second-order valence-electron chi connectivity index (χ2n) is 5.71. The average molecular weight is 271 g/mol. The first-order chi connectivity index (χ1) is 8.89. The number of hydrogen-bond acceptors (Lipinski definition) is 4. The maximum atomic E-state index is 12.0. The van der Waals surface area contributed by atoms with Gasteiger partial charge in [-0.1, -0.05) is 0 Å². The Morgan fingerprint density at radius 2 is 2.05 bits per heavy atom. The summed E-state index contributed by atoms with van der Waals surface area (Å²) >= 11 is 0. The molecular formula is C13H25N3O3. The fourth-order valence-electron chi connectivity index (χ4n) is 2.16. The molecule has 0 saturated carbocycles. The molecule has 1 aliphatic heterocycles. The molecule has 0 aromatic heterocycles. The van der Waals surface area contributed by atoms with Crippen LogP contribution in [0.2, 0.25) is 0 Å². The van der Waals surface area contributed by atoms with Gasteiger partial charge >= 0.3 is 5.97 Å². The number of hydrogen-bond donors (Lipinski definition) is 3. The highest BCUT2D eigenvalue weighted by Gasteiger charge is 2.22. The van der Waals surface area contributed by atoms with Gasteiger partial charge in [0.25, 0.3) is 0 Å². The molecule has 6 nitrogen and oxygen atoms in total. The molecule has 1 saturated heterocycles. The van der Waals surface area contributed by atoms with Crippen LogP contribution in [0.5, 0.6) is 0 Å². The summed E-state index contributed by atoms with van der Waals surface area (Å²) in [5, 5.41) is 14.9. The standard InChI is InChI=1S/C13H25N3O3/c1-13(2,5-4-12(18)19)15-11(17)10-16-8-3-6-14-7-9-16/h14H,3-10H2,1-2H3,(H,15,17)(H,18,19). The normalized spacial score (nSPS) is 17.8. The van der Waals surface area contributed by atoms with Crippen LogP contribution in [0, 0.1) is 0 Å². The van der Waals surface area contributed by atoms with Crippen LogP contribution in [0.15, 0.2) is 0 Å². The summed E-state index contributed by atoms with van der Waals surface area (Å²) in [6, 6.07) is 0. The van der Waals surface area contributed by atoms with Gasteiger partial charge < -0.3 is 15.7 Å². The van der Waals surface area contributed by atoms with Crippen molar-refractivity contribution in [3.8, 4) is 0 Å². The third-order valence-electron chi connectivity index (χ3n) is 3.24. The lowest BCUT2D eigenvalue weighted by Gasteiger charge is -2.27. The predicted octanol–water partition coefficient (Wildman–Crippen LogP) is 0.0413. The van der Waals surface area contributed by atoms with E-state index in [1.807, 2.05) is 13.8 Å². The molecule has 1 rings (SSSR count). The maximum Gasteiger partial charge on any atom is 0.303 e. The predicted molar refractivity (Wildman–Crippen MR) is 73.0 cm³/mol. The van der Waals surface area contributed by atoms with Gasteiger partial charge in [0, 0.05) is 25.0 Å². The van der Waals surface area contributed by atoms with E-state index in [4.69, 9.17) is 5.11 Å². The maximum absolute atomic E-state index is 12.0. The van der Waals surface area contributed by atoms with Crippen LogP contribution < -0.4 is 10.6 Å². The van der Waals surface area contributed by atoms with Gasteiger partial charge in [-0.2, -0.15) is 0 Å². The first-order valence-corrected chi connectivity index (χ1v) is 6.85. The van der Waals surface area contributed by atoms with Gasteiger partial charge in [-0.25, -0.2) is 0 Å². The Morgan fingerprint density at radius 3 is 2.74 bits per heavy atom. The fraction of sp³-hybridized carbons (Fsp3) is 0.846. The summed E-state index contributed by atoms with van der Waals surface area (Å²) in [6.45, 7) is 7.82. The van der Waals surface area contributed by atoms with Crippen LogP contribution in [-0.2, 0) is 9.59 Å². The van der Waals surface area contributed by atoms with Crippen molar-refractivity contribution in [3.05, 3.63) is 0 Å². The Labute approximate surface area is 114 Å². The van der Waals surface area contributed by atoms with Crippen LogP contribution >= 0.6 is 0 Å². The number of carbonyl (C=O) groups excluding carboxylic acids is 1. The molecule has 0 radical (unpaired) electrons. The van der Waals surface area contributed by atoms with Gasteiger partial charge in [0.2, 0.25) is 5.91 Å². The Kier molecular flexibility index (Phi) is 6.24. The first-order valence-electron chi connectivity index (χ1n) is 6.85. The number of rotatable bonds is 6. The van der Waals surface area contributed by atoms with Gasteiger partial charge in [0.15, 0.2) is 0 Å². The van der Waals surface area contributed by atoms with Crippen LogP contribution in [0.25, 0.3) is 0 Å². The Balaban J connectivity index is 2.34. The van der Waals surface area contributed by atoms with E-state index in [0.717, 1.165) is 32.6 Å². The highest BCUT2D eigenvalue weighted by atomic mass is 16.4. The minimum absolute atomic E-state index is 0.0303. The second-order valence-corrected chi connectivity index (χ2v) is 5.71. The monoisotopic (exact) mass is 271 g/mol. The van der Waals surface area contributed by atoms with E-state index in [0.29, 0.717) is 13.0 Å². The van der Waals surface area contributed by atoms with Crippen molar-refractivity contribution >= 4 is 11.9 Å². The van der Waals surface area contributed by atoms with Gasteiger partial charge in [0.1, 0.15) is 0 Å². The molecule has 6 heteroatoms. The zero-order valence-corrected chi connectivity index (χ0v) is 11.9. The van der Waals surface area contributed by atoms with Gasteiger partial charge in [-0.3, -0.25) is 14.5 Å². The van der Waals surface area contributed by atoms with Crippen molar-refractivity contribution in [2.45, 2.75) is 38.6 Å². The molecule has 1 heterocycles. The molecule has 110 valence electrons. The van der Waals surface area contributed by atoms with Crippen molar-refractivity contribution in [3.63, 3.8) is 0 Å². The van der Waals surface area contributed by atoms with Crippen LogP contribution in [0.4, 0.5) is 0 Å². The minimum atomic E-state index is -0.832. The highest BCUT2D eigenvalue weighted by molar-refractivity contribution is 5.79. The average Bonchev–Trinajstić information content (AvgIpc) is 2.54. The summed E-state index contributed by atoms with van der Waals surface area (Å²) in [5.74, 6) is -0.863. The number of carboxylic acid groups (broad SMARTS) is 1. The molecule has 1 fully saturated rings. The summed E-state index contributed by atoms with van der Waals surface area (Å²) < 4.78 is 0. The van der Waals surface area contributed by atoms with Crippen LogP contribution in [0.1, 0.15) is 33.1 Å². The zero-order chi connectivity index (χ0) is 14.3. The quantitative estimate of drug-likeness (QED) is 0.635. The minimum Gasteiger partial charge on any atom is -0.481 e. The molecule has 0 atom stereocenters. The van der Waals surface area contributed by atoms with E-state index in [1.165, 1.54) is 0 Å². The molecule has 1 aliphatic rings. The summed E-state index contributed by atoms with van der Waals surface area (Å²) in [7, 11) is 0. The van der Waals surface area contributed by atoms with E-state index in [2.05, 4.69) is 15.5 Å². The summed E-state index contributed by atoms with van der Waals surface area (Å²) in [4.78, 5) is 24.6. The van der Waals surface area contributed by atoms with E-state index in [1.54, 1.807) is 0 Å². The lowest BCUT2D eigenvalue weighted by atomic mass is 9.98. The number of nitrogens with one attached hydrogen (secondary N) is 2. The van der Waals surface area contributed by atoms with Crippen molar-refractivity contribution in [1.29, 1.82) is 0 Å². The second kappa shape index (κ2) is 7.45. The third-order valence-corrected chi connectivity index (χ3v) is 3.24. The molecule has 0 aromatic rings. The highest BCUT2D eigenvalue weighted by Crippen LogP contribution is 2.11. The molecule has 0 unspecified atom stereocenters.